The van der Waals surface area contributed by atoms with Gasteiger partial charge < -0.3 is 23.1 Å². The lowest BCUT2D eigenvalue weighted by Crippen LogP contribution is -2.44. The van der Waals surface area contributed by atoms with E-state index in [1.54, 1.807) is 26.4 Å². The molecule has 0 amide bonds. The van der Waals surface area contributed by atoms with Crippen LogP contribution in [0.5, 0.6) is 23.0 Å². The standard InChI is InChI=1S/C28H42O7Si2/c1-21(29)33-25-15-13-23(19-27(25)31-3)11-9-17-36(5,6)35-37(7,8)18-10-12-24-14-16-26(34-22(2)30)28(20-24)32-4/h13-16,19-20H,9-12,17-18H2,1-8H3. The second-order valence-corrected chi connectivity index (χ2v) is 19.3. The van der Waals surface area contributed by atoms with Crippen molar-refractivity contribution in [1.29, 1.82) is 0 Å². The fourth-order valence-electron chi connectivity index (χ4n) is 4.50. The molecule has 9 heteroatoms. The van der Waals surface area contributed by atoms with E-state index in [1.807, 2.05) is 24.3 Å². The van der Waals surface area contributed by atoms with Crippen molar-refractivity contribution in [3.05, 3.63) is 47.5 Å². The molecule has 0 fully saturated rings. The molecular formula is C28H42O7Si2. The Labute approximate surface area is 223 Å². The molecule has 0 N–H and O–H groups in total. The average molecular weight is 547 g/mol. The molecule has 2 aromatic rings. The van der Waals surface area contributed by atoms with Gasteiger partial charge in [-0.2, -0.15) is 0 Å². The zero-order valence-electron chi connectivity index (χ0n) is 23.6. The third kappa shape index (κ3) is 10.7. The van der Waals surface area contributed by atoms with Gasteiger partial charge in [0.25, 0.3) is 0 Å². The minimum Gasteiger partial charge on any atom is -0.493 e. The molecule has 7 nitrogen and oxygen atoms in total. The van der Waals surface area contributed by atoms with E-state index in [2.05, 4.69) is 26.2 Å². The summed E-state index contributed by atoms with van der Waals surface area (Å²) in [5, 5.41) is 0. The van der Waals surface area contributed by atoms with Gasteiger partial charge >= 0.3 is 11.9 Å². The maximum atomic E-state index is 11.3. The first-order valence-electron chi connectivity index (χ1n) is 12.7. The van der Waals surface area contributed by atoms with Crippen LogP contribution in [-0.2, 0) is 26.5 Å². The molecule has 0 spiro atoms. The van der Waals surface area contributed by atoms with Crippen LogP contribution in [0.25, 0.3) is 0 Å². The molecule has 0 saturated carbocycles. The highest BCUT2D eigenvalue weighted by Crippen LogP contribution is 2.31. The number of rotatable bonds is 14. The van der Waals surface area contributed by atoms with Gasteiger partial charge in [0, 0.05) is 13.8 Å². The highest BCUT2D eigenvalue weighted by atomic mass is 28.4. The van der Waals surface area contributed by atoms with Crippen molar-refractivity contribution in [2.24, 2.45) is 0 Å². The fourth-order valence-corrected chi connectivity index (χ4v) is 13.4. The van der Waals surface area contributed by atoms with Gasteiger partial charge in [0.2, 0.25) is 0 Å². The molecule has 37 heavy (non-hydrogen) atoms. The second kappa shape index (κ2) is 13.8. The summed E-state index contributed by atoms with van der Waals surface area (Å²) in [6, 6.07) is 13.6. The lowest BCUT2D eigenvalue weighted by molar-refractivity contribution is -0.132. The zero-order chi connectivity index (χ0) is 27.6. The van der Waals surface area contributed by atoms with Crippen LogP contribution in [0, 0.1) is 0 Å². The van der Waals surface area contributed by atoms with Gasteiger partial charge in [-0.3, -0.25) is 9.59 Å². The predicted molar refractivity (Wildman–Crippen MR) is 151 cm³/mol. The van der Waals surface area contributed by atoms with Gasteiger partial charge in [0.1, 0.15) is 0 Å². The molecule has 0 saturated heterocycles. The van der Waals surface area contributed by atoms with Crippen molar-refractivity contribution in [3.8, 4) is 23.0 Å². The highest BCUT2D eigenvalue weighted by Gasteiger charge is 2.32. The second-order valence-electron chi connectivity index (χ2n) is 10.5. The number of carbonyl (C=O) groups is 2. The monoisotopic (exact) mass is 546 g/mol. The van der Waals surface area contributed by atoms with E-state index in [4.69, 9.17) is 23.1 Å². The van der Waals surface area contributed by atoms with Gasteiger partial charge in [-0.15, -0.1) is 0 Å². The van der Waals surface area contributed by atoms with Crippen molar-refractivity contribution >= 4 is 28.6 Å². The van der Waals surface area contributed by atoms with E-state index in [0.29, 0.717) is 23.0 Å². The quantitative estimate of drug-likeness (QED) is 0.151. The summed E-state index contributed by atoms with van der Waals surface area (Å²) in [6.45, 7) is 12.0. The van der Waals surface area contributed by atoms with Crippen molar-refractivity contribution < 1.29 is 32.7 Å². The smallest absolute Gasteiger partial charge is 0.308 e. The number of hydrogen-bond acceptors (Lipinski definition) is 7. The Morgan fingerprint density at radius 3 is 1.35 bits per heavy atom. The molecule has 204 valence electrons. The molecule has 2 rings (SSSR count). The maximum Gasteiger partial charge on any atom is 0.308 e. The van der Waals surface area contributed by atoms with Crippen LogP contribution in [0.15, 0.2) is 36.4 Å². The third-order valence-electron chi connectivity index (χ3n) is 6.00. The van der Waals surface area contributed by atoms with Crippen molar-refractivity contribution in [3.63, 3.8) is 0 Å². The summed E-state index contributed by atoms with van der Waals surface area (Å²) in [5.74, 6) is 1.33. The summed E-state index contributed by atoms with van der Waals surface area (Å²) in [5.41, 5.74) is 2.31. The summed E-state index contributed by atoms with van der Waals surface area (Å²) < 4.78 is 28.0. The van der Waals surface area contributed by atoms with Crippen LogP contribution < -0.4 is 18.9 Å². The van der Waals surface area contributed by atoms with E-state index in [9.17, 15) is 9.59 Å². The first-order chi connectivity index (χ1) is 17.3. The molecule has 0 bridgehead atoms. The minimum atomic E-state index is -1.82. The van der Waals surface area contributed by atoms with Crippen LogP contribution >= 0.6 is 0 Å². The molecule has 0 heterocycles. The fraction of sp³-hybridized carbons (Fsp3) is 0.500. The Balaban J connectivity index is 1.85. The molecule has 0 aliphatic carbocycles. The summed E-state index contributed by atoms with van der Waals surface area (Å²) in [7, 11) is -0.482. The summed E-state index contributed by atoms with van der Waals surface area (Å²) in [4.78, 5) is 22.5. The van der Waals surface area contributed by atoms with Gasteiger partial charge in [0.05, 0.1) is 14.2 Å². The van der Waals surface area contributed by atoms with E-state index in [-0.39, 0.29) is 11.9 Å². The minimum absolute atomic E-state index is 0.361. The van der Waals surface area contributed by atoms with Gasteiger partial charge in [0.15, 0.2) is 39.6 Å². The Kier molecular flexibility index (Phi) is 11.4. The number of hydrogen-bond donors (Lipinski definition) is 0. The normalized spacial score (nSPS) is 11.7. The number of methoxy groups -OCH3 is 2. The summed E-state index contributed by atoms with van der Waals surface area (Å²) >= 11 is 0. The average Bonchev–Trinajstić information content (AvgIpc) is 2.79. The number of ether oxygens (including phenoxy) is 4. The van der Waals surface area contributed by atoms with E-state index < -0.39 is 16.6 Å². The van der Waals surface area contributed by atoms with Gasteiger partial charge in [-0.25, -0.2) is 0 Å². The van der Waals surface area contributed by atoms with Crippen LogP contribution in [0.1, 0.15) is 37.8 Å². The van der Waals surface area contributed by atoms with E-state index in [0.717, 1.165) is 48.9 Å². The molecule has 0 unspecified atom stereocenters. The van der Waals surface area contributed by atoms with Crippen molar-refractivity contribution in [2.45, 2.75) is 77.8 Å². The zero-order valence-corrected chi connectivity index (χ0v) is 25.6. The van der Waals surface area contributed by atoms with Crippen LogP contribution in [0.3, 0.4) is 0 Å². The first-order valence-corrected chi connectivity index (χ1v) is 19.0. The van der Waals surface area contributed by atoms with Gasteiger partial charge in [-0.05, 0) is 99.4 Å². The molecule has 0 aromatic heterocycles. The number of benzene rings is 2. The lowest BCUT2D eigenvalue weighted by atomic mass is 10.1. The lowest BCUT2D eigenvalue weighted by Gasteiger charge is -2.34. The Morgan fingerprint density at radius 1 is 0.649 bits per heavy atom. The molecular weight excluding hydrogens is 504 g/mol. The Bertz CT molecular complexity index is 983. The number of carbonyl (C=O) groups excluding carboxylic acids is 2. The first kappa shape index (κ1) is 30.6. The molecule has 0 aliphatic rings. The predicted octanol–water partition coefficient (Wildman–Crippen LogP) is 6.55. The van der Waals surface area contributed by atoms with E-state index >= 15 is 0 Å². The van der Waals surface area contributed by atoms with E-state index in [1.165, 1.54) is 13.8 Å². The largest absolute Gasteiger partial charge is 0.493 e. The van der Waals surface area contributed by atoms with Gasteiger partial charge in [-0.1, -0.05) is 12.1 Å². The van der Waals surface area contributed by atoms with Crippen LogP contribution in [-0.4, -0.2) is 42.8 Å². The van der Waals surface area contributed by atoms with Crippen molar-refractivity contribution in [1.82, 2.24) is 0 Å². The Morgan fingerprint density at radius 2 is 1.03 bits per heavy atom. The SMILES string of the molecule is COc1cc(CCC[Si](C)(C)O[Si](C)(C)CCCc2ccc(OC(C)=O)c(OC)c2)ccc1OC(C)=O. The molecule has 0 atom stereocenters. The maximum absolute atomic E-state index is 11.3. The van der Waals surface area contributed by atoms with Crippen molar-refractivity contribution in [2.75, 3.05) is 14.2 Å². The highest BCUT2D eigenvalue weighted by molar-refractivity contribution is 6.84. The molecule has 0 aliphatic heterocycles. The van der Waals surface area contributed by atoms with Crippen LogP contribution in [0.4, 0.5) is 0 Å². The van der Waals surface area contributed by atoms with Crippen LogP contribution in [0.2, 0.25) is 38.3 Å². The number of aryl methyl sites for hydroxylation is 2. The topological polar surface area (TPSA) is 80.3 Å². The molecule has 0 radical (unpaired) electrons. The number of esters is 2. The third-order valence-corrected chi connectivity index (χ3v) is 13.5. The molecule has 2 aromatic carbocycles. The summed E-state index contributed by atoms with van der Waals surface area (Å²) in [6.07, 6.45) is 3.91. The Hall–Kier alpha value is -2.63.